The molecule has 1 N–H and O–H groups in total. The third-order valence-corrected chi connectivity index (χ3v) is 12.6. The maximum Gasteiger partial charge on any atom is 0.451 e. The summed E-state index contributed by atoms with van der Waals surface area (Å²) in [4.78, 5) is 2.17. The number of ether oxygens (including phenoxy) is 1. The highest BCUT2D eigenvalue weighted by molar-refractivity contribution is 6.74. The van der Waals surface area contributed by atoms with Gasteiger partial charge in [-0.05, 0) is 78.3 Å². The summed E-state index contributed by atoms with van der Waals surface area (Å²) < 4.78 is 52.8. The van der Waals surface area contributed by atoms with Crippen LogP contribution in [0, 0.1) is 0 Å². The summed E-state index contributed by atoms with van der Waals surface area (Å²) in [6.45, 7) is 10.7. The predicted octanol–water partition coefficient (Wildman–Crippen LogP) is 10.0. The van der Waals surface area contributed by atoms with E-state index in [4.69, 9.17) is 32.4 Å². The first-order chi connectivity index (χ1) is 20.0. The van der Waals surface area contributed by atoms with Crippen molar-refractivity contribution in [2.24, 2.45) is 0 Å². The molecule has 0 aromatic heterocycles. The average molecular weight is 655 g/mol. The topological polar surface area (TPSA) is 41.9 Å². The van der Waals surface area contributed by atoms with E-state index in [2.05, 4.69) is 4.90 Å². The second-order valence-electron chi connectivity index (χ2n) is 12.2. The maximum absolute atomic E-state index is 13.8. The first-order valence-corrected chi connectivity index (χ1v) is 17.7. The van der Waals surface area contributed by atoms with E-state index in [1.165, 1.54) is 0 Å². The van der Waals surface area contributed by atoms with Crippen LogP contribution in [0.15, 0.2) is 84.3 Å². The van der Waals surface area contributed by atoms with Crippen LogP contribution in [0.5, 0.6) is 5.75 Å². The molecule has 0 atom stereocenters. The number of alkyl halides is 3. The van der Waals surface area contributed by atoms with Gasteiger partial charge in [0, 0.05) is 35.5 Å². The van der Waals surface area contributed by atoms with E-state index in [0.717, 1.165) is 17.7 Å². The van der Waals surface area contributed by atoms with Crippen molar-refractivity contribution in [3.05, 3.63) is 111 Å². The summed E-state index contributed by atoms with van der Waals surface area (Å²) in [5.74, 6) is -1.45. The molecule has 10 heteroatoms. The Balaban J connectivity index is 1.61. The van der Waals surface area contributed by atoms with Gasteiger partial charge in [-0.15, -0.1) is 0 Å². The number of nitrogens with zero attached hydrogens (tertiary/aromatic N) is 1. The number of benzene rings is 3. The standard InChI is InChI=1S/C33H40Cl2F3NO3Si/c1-32(2,3)43(5,6)42-31(33(36,37)38)30(40)21-23-7-17-28(18-8-23)41-20-19-39(4)22-29(24-9-13-26(34)14-10-24)25-11-15-27(35)16-12-25/h7-18,29,40H,19-22H2,1-6H3/b31-30+. The van der Waals surface area contributed by atoms with Crippen molar-refractivity contribution in [2.75, 3.05) is 26.7 Å². The Labute approximate surface area is 264 Å². The van der Waals surface area contributed by atoms with Crippen LogP contribution >= 0.6 is 23.2 Å². The lowest BCUT2D eigenvalue weighted by atomic mass is 9.91. The molecule has 4 nitrogen and oxygen atoms in total. The van der Waals surface area contributed by atoms with Gasteiger partial charge in [-0.1, -0.05) is 80.4 Å². The summed E-state index contributed by atoms with van der Waals surface area (Å²) >= 11 is 12.2. The molecule has 0 fully saturated rings. The number of hydrogen-bond acceptors (Lipinski definition) is 4. The van der Waals surface area contributed by atoms with Crippen LogP contribution in [0.2, 0.25) is 28.2 Å². The number of halogens is 5. The molecule has 0 radical (unpaired) electrons. The van der Waals surface area contributed by atoms with Crippen LogP contribution in [0.25, 0.3) is 0 Å². The van der Waals surface area contributed by atoms with Crippen molar-refractivity contribution in [1.82, 2.24) is 4.90 Å². The van der Waals surface area contributed by atoms with E-state index in [9.17, 15) is 18.3 Å². The molecule has 0 amide bonds. The van der Waals surface area contributed by atoms with Gasteiger partial charge in [0.15, 0.2) is 0 Å². The number of aliphatic hydroxyl groups is 1. The molecule has 0 aliphatic carbocycles. The third kappa shape index (κ3) is 10.2. The molecule has 0 bridgehead atoms. The zero-order valence-corrected chi connectivity index (χ0v) is 27.9. The van der Waals surface area contributed by atoms with E-state index in [0.29, 0.717) is 34.5 Å². The molecule has 0 unspecified atom stereocenters. The highest BCUT2D eigenvalue weighted by Gasteiger charge is 2.47. The van der Waals surface area contributed by atoms with Crippen molar-refractivity contribution >= 4 is 31.5 Å². The number of aliphatic hydroxyl groups excluding tert-OH is 1. The first kappa shape index (κ1) is 34.8. The number of rotatable bonds is 12. The van der Waals surface area contributed by atoms with Gasteiger partial charge in [-0.25, -0.2) is 0 Å². The molecule has 0 saturated heterocycles. The van der Waals surface area contributed by atoms with E-state index < -0.39 is 31.1 Å². The highest BCUT2D eigenvalue weighted by atomic mass is 35.5. The van der Waals surface area contributed by atoms with E-state index >= 15 is 0 Å². The van der Waals surface area contributed by atoms with Crippen LogP contribution in [-0.4, -0.2) is 51.2 Å². The molecular weight excluding hydrogens is 614 g/mol. The molecule has 3 rings (SSSR count). The molecule has 234 valence electrons. The summed E-state index contributed by atoms with van der Waals surface area (Å²) in [5.41, 5.74) is 2.78. The van der Waals surface area contributed by atoms with Gasteiger partial charge >= 0.3 is 6.18 Å². The van der Waals surface area contributed by atoms with E-state index in [1.807, 2.05) is 76.3 Å². The van der Waals surface area contributed by atoms with Crippen LogP contribution in [0.4, 0.5) is 13.2 Å². The fourth-order valence-electron chi connectivity index (χ4n) is 4.18. The smallest absolute Gasteiger partial charge is 0.451 e. The summed E-state index contributed by atoms with van der Waals surface area (Å²) in [6, 6.07) is 22.3. The Hall–Kier alpha value is -2.65. The Morgan fingerprint density at radius 1 is 0.860 bits per heavy atom. The fraction of sp³-hybridized carbons (Fsp3) is 0.394. The van der Waals surface area contributed by atoms with Crippen LogP contribution < -0.4 is 4.74 Å². The average Bonchev–Trinajstić information content (AvgIpc) is 2.91. The molecule has 43 heavy (non-hydrogen) atoms. The van der Waals surface area contributed by atoms with Crippen molar-refractivity contribution in [1.29, 1.82) is 0 Å². The van der Waals surface area contributed by atoms with E-state index in [-0.39, 0.29) is 12.3 Å². The normalized spacial score (nSPS) is 13.3. The monoisotopic (exact) mass is 653 g/mol. The van der Waals surface area contributed by atoms with Gasteiger partial charge in [-0.2, -0.15) is 13.2 Å². The lowest BCUT2D eigenvalue weighted by Crippen LogP contribution is -2.42. The highest BCUT2D eigenvalue weighted by Crippen LogP contribution is 2.42. The van der Waals surface area contributed by atoms with Gasteiger partial charge < -0.3 is 19.2 Å². The molecule has 0 aliphatic heterocycles. The third-order valence-electron chi connectivity index (χ3n) is 7.76. The summed E-state index contributed by atoms with van der Waals surface area (Å²) in [7, 11) is -0.799. The molecule has 0 saturated carbocycles. The van der Waals surface area contributed by atoms with Gasteiger partial charge in [0.25, 0.3) is 8.32 Å². The largest absolute Gasteiger partial charge is 0.538 e. The Kier molecular flexibility index (Phi) is 11.7. The summed E-state index contributed by atoms with van der Waals surface area (Å²) in [5, 5.41) is 11.4. The summed E-state index contributed by atoms with van der Waals surface area (Å²) in [6.07, 6.45) is -5.10. The number of hydrogen-bond donors (Lipinski definition) is 1. The van der Waals surface area contributed by atoms with Crippen molar-refractivity contribution < 1.29 is 27.4 Å². The zero-order chi connectivity index (χ0) is 32.0. The van der Waals surface area contributed by atoms with Crippen molar-refractivity contribution in [3.8, 4) is 5.75 Å². The SMILES string of the molecule is CN(CCOc1ccc(C/C(O)=C(\O[Si](C)(C)C(C)(C)C)C(F)(F)F)cc1)CC(c1ccc(Cl)cc1)c1ccc(Cl)cc1. The van der Waals surface area contributed by atoms with Gasteiger partial charge in [0.1, 0.15) is 18.1 Å². The number of likely N-dealkylation sites (N-methyl/N-ethyl adjacent to an activating group) is 1. The Morgan fingerprint density at radius 3 is 1.79 bits per heavy atom. The minimum Gasteiger partial charge on any atom is -0.538 e. The van der Waals surface area contributed by atoms with Gasteiger partial charge in [0.05, 0.1) is 0 Å². The first-order valence-electron chi connectivity index (χ1n) is 14.1. The minimum atomic E-state index is -4.80. The molecule has 3 aromatic rings. The lowest BCUT2D eigenvalue weighted by Gasteiger charge is -2.37. The second kappa shape index (κ2) is 14.4. The molecular formula is C33H40Cl2F3NO3Si. The minimum absolute atomic E-state index is 0.0988. The van der Waals surface area contributed by atoms with Crippen molar-refractivity contribution in [3.63, 3.8) is 0 Å². The predicted molar refractivity (Wildman–Crippen MR) is 172 cm³/mol. The zero-order valence-electron chi connectivity index (χ0n) is 25.4. The molecule has 0 spiro atoms. The van der Waals surface area contributed by atoms with Gasteiger partial charge in [0.2, 0.25) is 5.76 Å². The molecule has 3 aromatic carbocycles. The maximum atomic E-state index is 13.8. The quantitative estimate of drug-likeness (QED) is 0.156. The second-order valence-corrected chi connectivity index (χ2v) is 17.8. The molecule has 0 aliphatic rings. The van der Waals surface area contributed by atoms with Crippen molar-refractivity contribution in [2.45, 2.75) is 57.4 Å². The number of allylic oxidation sites excluding steroid dienone is 2. The fourth-order valence-corrected chi connectivity index (χ4v) is 5.48. The van der Waals surface area contributed by atoms with E-state index in [1.54, 1.807) is 37.4 Å². The van der Waals surface area contributed by atoms with Crippen LogP contribution in [0.3, 0.4) is 0 Å². The van der Waals surface area contributed by atoms with Crippen LogP contribution in [0.1, 0.15) is 43.4 Å². The van der Waals surface area contributed by atoms with Gasteiger partial charge in [-0.3, -0.25) is 0 Å². The van der Waals surface area contributed by atoms with Crippen LogP contribution in [-0.2, 0) is 10.8 Å². The Morgan fingerprint density at radius 2 is 1.35 bits per heavy atom. The lowest BCUT2D eigenvalue weighted by molar-refractivity contribution is -0.122. The molecule has 0 heterocycles. The Bertz CT molecular complexity index is 1310.